The average Bonchev–Trinajstić information content (AvgIpc) is 2.36. The van der Waals surface area contributed by atoms with E-state index in [9.17, 15) is 27.9 Å². The van der Waals surface area contributed by atoms with E-state index >= 15 is 0 Å². The van der Waals surface area contributed by atoms with E-state index in [1.165, 1.54) is 16.8 Å². The van der Waals surface area contributed by atoms with E-state index in [2.05, 4.69) is 5.32 Å². The van der Waals surface area contributed by atoms with Crippen molar-refractivity contribution >= 4 is 5.91 Å². The molecule has 0 spiro atoms. The standard InChI is InChI=1S/C12H15F3N2O3/c13-12(14,15)5-4-10(19)16-7-9(18)8-17-6-2-1-3-11(17)20/h1-3,6,9,18H,4-5,7-8H2,(H,16,19). The first-order chi connectivity index (χ1) is 9.28. The molecule has 2 N–H and O–H groups in total. The van der Waals surface area contributed by atoms with Crippen LogP contribution in [0.25, 0.3) is 0 Å². The summed E-state index contributed by atoms with van der Waals surface area (Å²) in [6.45, 7) is -0.253. The molecule has 112 valence electrons. The number of amides is 1. The van der Waals surface area contributed by atoms with Crippen LogP contribution in [0, 0.1) is 0 Å². The number of carbonyl (C=O) groups is 1. The summed E-state index contributed by atoms with van der Waals surface area (Å²) < 4.78 is 36.9. The zero-order valence-corrected chi connectivity index (χ0v) is 10.6. The lowest BCUT2D eigenvalue weighted by atomic mass is 10.2. The van der Waals surface area contributed by atoms with Gasteiger partial charge in [0.05, 0.1) is 19.1 Å². The number of hydrogen-bond donors (Lipinski definition) is 2. The molecule has 0 bridgehead atoms. The molecule has 1 heterocycles. The Kier molecular flexibility index (Phi) is 5.75. The molecule has 0 aromatic carbocycles. The van der Waals surface area contributed by atoms with Gasteiger partial charge in [-0.05, 0) is 6.07 Å². The molecule has 0 saturated carbocycles. The van der Waals surface area contributed by atoms with Crippen LogP contribution in [0.1, 0.15) is 12.8 Å². The molecule has 1 aromatic rings. The van der Waals surface area contributed by atoms with Crippen molar-refractivity contribution in [2.45, 2.75) is 31.7 Å². The van der Waals surface area contributed by atoms with Crippen LogP contribution in [-0.4, -0.2) is 34.4 Å². The predicted molar refractivity (Wildman–Crippen MR) is 65.0 cm³/mol. The average molecular weight is 292 g/mol. The van der Waals surface area contributed by atoms with E-state index in [1.807, 2.05) is 0 Å². The number of aromatic nitrogens is 1. The molecule has 1 aromatic heterocycles. The van der Waals surface area contributed by atoms with Crippen LogP contribution < -0.4 is 10.9 Å². The van der Waals surface area contributed by atoms with Crippen molar-refractivity contribution in [1.29, 1.82) is 0 Å². The summed E-state index contributed by atoms with van der Waals surface area (Å²) in [4.78, 5) is 22.5. The molecule has 0 aliphatic heterocycles. The van der Waals surface area contributed by atoms with Crippen LogP contribution >= 0.6 is 0 Å². The third-order valence-electron chi connectivity index (χ3n) is 2.48. The molecule has 0 aliphatic carbocycles. The summed E-state index contributed by atoms with van der Waals surface area (Å²) in [6.07, 6.45) is -5.84. The first-order valence-electron chi connectivity index (χ1n) is 5.95. The van der Waals surface area contributed by atoms with Gasteiger partial charge in [-0.2, -0.15) is 13.2 Å². The summed E-state index contributed by atoms with van der Waals surface area (Å²) in [5.74, 6) is -0.790. The Labute approximate surface area is 113 Å². The lowest BCUT2D eigenvalue weighted by molar-refractivity contribution is -0.144. The number of halogens is 3. The maximum atomic E-state index is 11.9. The predicted octanol–water partition coefficient (Wildman–Crippen LogP) is 0.668. The van der Waals surface area contributed by atoms with Crippen molar-refractivity contribution in [1.82, 2.24) is 9.88 Å². The van der Waals surface area contributed by atoms with Gasteiger partial charge in [-0.15, -0.1) is 0 Å². The second-order valence-electron chi connectivity index (χ2n) is 4.26. The Morgan fingerprint density at radius 1 is 1.40 bits per heavy atom. The van der Waals surface area contributed by atoms with Gasteiger partial charge >= 0.3 is 6.18 Å². The van der Waals surface area contributed by atoms with Crippen molar-refractivity contribution in [3.63, 3.8) is 0 Å². The minimum atomic E-state index is -4.38. The summed E-state index contributed by atoms with van der Waals surface area (Å²) in [5.41, 5.74) is -0.310. The smallest absolute Gasteiger partial charge is 0.389 e. The van der Waals surface area contributed by atoms with E-state index < -0.39 is 31.0 Å². The Morgan fingerprint density at radius 3 is 2.70 bits per heavy atom. The van der Waals surface area contributed by atoms with E-state index in [0.717, 1.165) is 0 Å². The van der Waals surface area contributed by atoms with Gasteiger partial charge < -0.3 is 15.0 Å². The summed E-state index contributed by atoms with van der Waals surface area (Å²) >= 11 is 0. The first kappa shape index (κ1) is 16.2. The zero-order chi connectivity index (χ0) is 15.2. The number of nitrogens with zero attached hydrogens (tertiary/aromatic N) is 1. The highest BCUT2D eigenvalue weighted by Crippen LogP contribution is 2.20. The van der Waals surface area contributed by atoms with E-state index in [4.69, 9.17) is 0 Å². The quantitative estimate of drug-likeness (QED) is 0.809. The second kappa shape index (κ2) is 7.09. The number of aliphatic hydroxyl groups is 1. The number of hydrogen-bond acceptors (Lipinski definition) is 3. The Morgan fingerprint density at radius 2 is 2.10 bits per heavy atom. The lowest BCUT2D eigenvalue weighted by Crippen LogP contribution is -2.36. The van der Waals surface area contributed by atoms with Crippen molar-refractivity contribution in [3.8, 4) is 0 Å². The number of nitrogens with one attached hydrogen (secondary N) is 1. The Balaban J connectivity index is 2.33. The molecule has 0 aliphatic rings. The first-order valence-corrected chi connectivity index (χ1v) is 5.95. The SMILES string of the molecule is O=C(CCC(F)(F)F)NCC(O)Cn1ccccc1=O. The fourth-order valence-corrected chi connectivity index (χ4v) is 1.48. The van der Waals surface area contributed by atoms with Gasteiger partial charge in [0.15, 0.2) is 0 Å². The van der Waals surface area contributed by atoms with Gasteiger partial charge in [0, 0.05) is 25.2 Å². The van der Waals surface area contributed by atoms with Gasteiger partial charge in [-0.25, -0.2) is 0 Å². The van der Waals surface area contributed by atoms with Crippen LogP contribution in [0.2, 0.25) is 0 Å². The Bertz CT molecular complexity index is 499. The van der Waals surface area contributed by atoms with Crippen molar-refractivity contribution < 1.29 is 23.1 Å². The minimum absolute atomic E-state index is 0.0424. The van der Waals surface area contributed by atoms with Gasteiger partial charge in [0.2, 0.25) is 5.91 Å². The molecule has 20 heavy (non-hydrogen) atoms. The van der Waals surface area contributed by atoms with Gasteiger partial charge in [-0.3, -0.25) is 9.59 Å². The second-order valence-corrected chi connectivity index (χ2v) is 4.26. The molecular formula is C12H15F3N2O3. The van der Waals surface area contributed by atoms with Crippen molar-refractivity contribution in [2.75, 3.05) is 6.54 Å². The number of aliphatic hydroxyl groups excluding tert-OH is 1. The monoisotopic (exact) mass is 292 g/mol. The maximum Gasteiger partial charge on any atom is 0.389 e. The third kappa shape index (κ3) is 6.37. The summed E-state index contributed by atoms with van der Waals surface area (Å²) in [6, 6.07) is 4.47. The third-order valence-corrected chi connectivity index (χ3v) is 2.48. The molecule has 1 unspecified atom stereocenters. The number of alkyl halides is 3. The molecule has 0 saturated heterocycles. The molecule has 1 atom stereocenters. The largest absolute Gasteiger partial charge is 0.389 e. The summed E-state index contributed by atoms with van der Waals surface area (Å²) in [7, 11) is 0. The van der Waals surface area contributed by atoms with Gasteiger partial charge in [0.25, 0.3) is 5.56 Å². The molecule has 8 heteroatoms. The number of carbonyl (C=O) groups excluding carboxylic acids is 1. The zero-order valence-electron chi connectivity index (χ0n) is 10.6. The summed E-state index contributed by atoms with van der Waals surface area (Å²) in [5, 5.41) is 11.8. The maximum absolute atomic E-state index is 11.9. The molecule has 1 amide bonds. The highest BCUT2D eigenvalue weighted by Gasteiger charge is 2.27. The molecular weight excluding hydrogens is 277 g/mol. The lowest BCUT2D eigenvalue weighted by Gasteiger charge is -2.13. The van der Waals surface area contributed by atoms with Crippen molar-refractivity contribution in [3.05, 3.63) is 34.7 Å². The Hall–Kier alpha value is -1.83. The van der Waals surface area contributed by atoms with E-state index in [-0.39, 0.29) is 18.6 Å². The molecule has 0 fully saturated rings. The topological polar surface area (TPSA) is 71.3 Å². The van der Waals surface area contributed by atoms with Crippen molar-refractivity contribution in [2.24, 2.45) is 0 Å². The molecule has 0 radical (unpaired) electrons. The highest BCUT2D eigenvalue weighted by molar-refractivity contribution is 5.75. The van der Waals surface area contributed by atoms with Gasteiger partial charge in [-0.1, -0.05) is 6.07 Å². The highest BCUT2D eigenvalue weighted by atomic mass is 19.4. The van der Waals surface area contributed by atoms with Crippen LogP contribution in [0.4, 0.5) is 13.2 Å². The minimum Gasteiger partial charge on any atom is -0.389 e. The van der Waals surface area contributed by atoms with Gasteiger partial charge in [0.1, 0.15) is 0 Å². The molecule has 5 nitrogen and oxygen atoms in total. The fraction of sp³-hybridized carbons (Fsp3) is 0.500. The van der Waals surface area contributed by atoms with E-state index in [1.54, 1.807) is 12.1 Å². The van der Waals surface area contributed by atoms with E-state index in [0.29, 0.717) is 0 Å². The molecule has 1 rings (SSSR count). The normalized spacial score (nSPS) is 13.0. The van der Waals surface area contributed by atoms with Crippen LogP contribution in [0.3, 0.4) is 0 Å². The fourth-order valence-electron chi connectivity index (χ4n) is 1.48. The van der Waals surface area contributed by atoms with Crippen LogP contribution in [0.15, 0.2) is 29.2 Å². The van der Waals surface area contributed by atoms with Crippen LogP contribution in [-0.2, 0) is 11.3 Å². The number of rotatable bonds is 6. The van der Waals surface area contributed by atoms with Crippen LogP contribution in [0.5, 0.6) is 0 Å². The number of pyridine rings is 1.